The SMILES string of the molecule is COc1cnc(-c2ncno2)nc1. The first-order valence-corrected chi connectivity index (χ1v) is 3.53. The Hall–Kier alpha value is -1.98. The summed E-state index contributed by atoms with van der Waals surface area (Å²) in [5, 5.41) is 3.44. The maximum absolute atomic E-state index is 4.89. The molecule has 0 aliphatic carbocycles. The average molecular weight is 178 g/mol. The van der Waals surface area contributed by atoms with Crippen LogP contribution in [0.15, 0.2) is 23.2 Å². The maximum atomic E-state index is 4.89. The van der Waals surface area contributed by atoms with Gasteiger partial charge in [0.15, 0.2) is 12.1 Å². The third-order valence-electron chi connectivity index (χ3n) is 1.42. The number of rotatable bonds is 2. The molecule has 0 aliphatic heterocycles. The van der Waals surface area contributed by atoms with Gasteiger partial charge >= 0.3 is 0 Å². The number of ether oxygens (including phenoxy) is 1. The third kappa shape index (κ3) is 1.46. The monoisotopic (exact) mass is 178 g/mol. The molecule has 0 saturated carbocycles. The Morgan fingerprint density at radius 2 is 2.00 bits per heavy atom. The van der Waals surface area contributed by atoms with E-state index in [0.29, 0.717) is 17.5 Å². The Kier molecular flexibility index (Phi) is 1.87. The second-order valence-corrected chi connectivity index (χ2v) is 2.19. The lowest BCUT2D eigenvalue weighted by molar-refractivity contribution is 0.409. The summed E-state index contributed by atoms with van der Waals surface area (Å²) in [4.78, 5) is 11.7. The van der Waals surface area contributed by atoms with E-state index in [9.17, 15) is 0 Å². The summed E-state index contributed by atoms with van der Waals surface area (Å²) in [7, 11) is 1.55. The zero-order valence-electron chi connectivity index (χ0n) is 6.84. The smallest absolute Gasteiger partial charge is 0.295 e. The van der Waals surface area contributed by atoms with Crippen molar-refractivity contribution in [3.8, 4) is 17.5 Å². The van der Waals surface area contributed by atoms with Gasteiger partial charge in [-0.3, -0.25) is 0 Å². The first kappa shape index (κ1) is 7.66. The minimum absolute atomic E-state index is 0.294. The second kappa shape index (κ2) is 3.18. The summed E-state index contributed by atoms with van der Waals surface area (Å²) in [6, 6.07) is 0. The fourth-order valence-electron chi connectivity index (χ4n) is 0.804. The van der Waals surface area contributed by atoms with Gasteiger partial charge in [0.25, 0.3) is 5.89 Å². The fraction of sp³-hybridized carbons (Fsp3) is 0.143. The first-order chi connectivity index (χ1) is 6.40. The van der Waals surface area contributed by atoms with E-state index in [1.54, 1.807) is 7.11 Å². The quantitative estimate of drug-likeness (QED) is 0.667. The Balaban J connectivity index is 2.33. The topological polar surface area (TPSA) is 73.9 Å². The average Bonchev–Trinajstić information content (AvgIpc) is 2.71. The predicted octanol–water partition coefficient (Wildman–Crippen LogP) is 0.535. The molecule has 0 aromatic carbocycles. The highest BCUT2D eigenvalue weighted by Crippen LogP contribution is 2.12. The molecule has 0 atom stereocenters. The Bertz CT molecular complexity index is 370. The van der Waals surface area contributed by atoms with Crippen LogP contribution in [0.25, 0.3) is 11.7 Å². The molecule has 0 N–H and O–H groups in total. The van der Waals surface area contributed by atoms with Gasteiger partial charge in [-0.2, -0.15) is 4.98 Å². The molecular formula is C7H6N4O2. The van der Waals surface area contributed by atoms with Crippen molar-refractivity contribution in [2.75, 3.05) is 7.11 Å². The van der Waals surface area contributed by atoms with Gasteiger partial charge in [-0.1, -0.05) is 5.16 Å². The summed E-state index contributed by atoms with van der Waals surface area (Å²) >= 11 is 0. The van der Waals surface area contributed by atoms with E-state index >= 15 is 0 Å². The lowest BCUT2D eigenvalue weighted by Crippen LogP contribution is -1.90. The highest BCUT2D eigenvalue weighted by atomic mass is 16.5. The minimum Gasteiger partial charge on any atom is -0.494 e. The first-order valence-electron chi connectivity index (χ1n) is 3.53. The highest BCUT2D eigenvalue weighted by Gasteiger charge is 2.06. The van der Waals surface area contributed by atoms with Crippen molar-refractivity contribution >= 4 is 0 Å². The van der Waals surface area contributed by atoms with Crippen molar-refractivity contribution in [2.45, 2.75) is 0 Å². The van der Waals surface area contributed by atoms with E-state index < -0.39 is 0 Å². The molecule has 2 aromatic rings. The molecule has 6 heteroatoms. The van der Waals surface area contributed by atoms with Crippen LogP contribution in [0.2, 0.25) is 0 Å². The van der Waals surface area contributed by atoms with E-state index in [1.807, 2.05) is 0 Å². The lowest BCUT2D eigenvalue weighted by atomic mass is 10.5. The minimum atomic E-state index is 0.294. The number of nitrogens with zero attached hydrogens (tertiary/aromatic N) is 4. The molecule has 0 bridgehead atoms. The molecule has 0 unspecified atom stereocenters. The summed E-state index contributed by atoms with van der Waals surface area (Å²) < 4.78 is 9.66. The molecule has 0 fully saturated rings. The Labute approximate surface area is 73.6 Å². The Morgan fingerprint density at radius 1 is 1.23 bits per heavy atom. The van der Waals surface area contributed by atoms with E-state index in [4.69, 9.17) is 9.26 Å². The van der Waals surface area contributed by atoms with Gasteiger partial charge in [-0.05, 0) is 0 Å². The van der Waals surface area contributed by atoms with Crippen molar-refractivity contribution in [1.82, 2.24) is 20.1 Å². The van der Waals surface area contributed by atoms with Gasteiger partial charge in [0.1, 0.15) is 0 Å². The van der Waals surface area contributed by atoms with E-state index in [0.717, 1.165) is 0 Å². The van der Waals surface area contributed by atoms with Crippen LogP contribution in [0.4, 0.5) is 0 Å². The molecule has 0 amide bonds. The number of aromatic nitrogens is 4. The summed E-state index contributed by atoms with van der Waals surface area (Å²) in [5.74, 6) is 1.27. The van der Waals surface area contributed by atoms with E-state index in [1.165, 1.54) is 18.7 Å². The van der Waals surface area contributed by atoms with Gasteiger partial charge in [0, 0.05) is 0 Å². The van der Waals surface area contributed by atoms with Crippen LogP contribution in [0.5, 0.6) is 5.75 Å². The molecule has 0 radical (unpaired) electrons. The normalized spacial score (nSPS) is 9.92. The number of hydrogen-bond acceptors (Lipinski definition) is 6. The summed E-state index contributed by atoms with van der Waals surface area (Å²) in [6.45, 7) is 0. The maximum Gasteiger partial charge on any atom is 0.295 e. The molecule has 2 heterocycles. The molecule has 0 aliphatic rings. The molecule has 0 spiro atoms. The fourth-order valence-corrected chi connectivity index (χ4v) is 0.804. The van der Waals surface area contributed by atoms with Crippen LogP contribution in [0, 0.1) is 0 Å². The van der Waals surface area contributed by atoms with Gasteiger partial charge in [-0.25, -0.2) is 9.97 Å². The van der Waals surface area contributed by atoms with Gasteiger partial charge in [0.2, 0.25) is 5.82 Å². The van der Waals surface area contributed by atoms with E-state index in [-0.39, 0.29) is 0 Å². The van der Waals surface area contributed by atoms with Crippen LogP contribution >= 0.6 is 0 Å². The molecule has 2 aromatic heterocycles. The number of methoxy groups -OCH3 is 1. The van der Waals surface area contributed by atoms with Crippen molar-refractivity contribution in [3.63, 3.8) is 0 Å². The molecule has 0 saturated heterocycles. The van der Waals surface area contributed by atoms with Crippen molar-refractivity contribution in [2.24, 2.45) is 0 Å². The third-order valence-corrected chi connectivity index (χ3v) is 1.42. The molecule has 66 valence electrons. The lowest BCUT2D eigenvalue weighted by Gasteiger charge is -1.96. The molecule has 2 rings (SSSR count). The van der Waals surface area contributed by atoms with Crippen LogP contribution in [-0.4, -0.2) is 27.2 Å². The zero-order chi connectivity index (χ0) is 9.10. The van der Waals surface area contributed by atoms with Crippen LogP contribution in [0.3, 0.4) is 0 Å². The van der Waals surface area contributed by atoms with Crippen LogP contribution < -0.4 is 4.74 Å². The van der Waals surface area contributed by atoms with Gasteiger partial charge in [0.05, 0.1) is 19.5 Å². The van der Waals surface area contributed by atoms with Crippen LogP contribution in [-0.2, 0) is 0 Å². The van der Waals surface area contributed by atoms with E-state index in [2.05, 4.69) is 20.1 Å². The standard InChI is InChI=1S/C7H6N4O2/c1-12-5-2-8-6(9-3-5)7-10-4-11-13-7/h2-4H,1H3. The molecule has 13 heavy (non-hydrogen) atoms. The zero-order valence-corrected chi connectivity index (χ0v) is 6.84. The largest absolute Gasteiger partial charge is 0.494 e. The number of hydrogen-bond donors (Lipinski definition) is 0. The van der Waals surface area contributed by atoms with Gasteiger partial charge < -0.3 is 9.26 Å². The molecule has 6 nitrogen and oxygen atoms in total. The predicted molar refractivity (Wildman–Crippen MR) is 41.9 cm³/mol. The van der Waals surface area contributed by atoms with Crippen molar-refractivity contribution in [3.05, 3.63) is 18.7 Å². The Morgan fingerprint density at radius 3 is 2.54 bits per heavy atom. The van der Waals surface area contributed by atoms with Gasteiger partial charge in [-0.15, -0.1) is 0 Å². The molecular weight excluding hydrogens is 172 g/mol. The van der Waals surface area contributed by atoms with Crippen molar-refractivity contribution < 1.29 is 9.26 Å². The van der Waals surface area contributed by atoms with Crippen LogP contribution in [0.1, 0.15) is 0 Å². The summed E-state index contributed by atoms with van der Waals surface area (Å²) in [5.41, 5.74) is 0. The summed E-state index contributed by atoms with van der Waals surface area (Å²) in [6.07, 6.45) is 4.36. The highest BCUT2D eigenvalue weighted by molar-refractivity contribution is 5.38. The second-order valence-electron chi connectivity index (χ2n) is 2.19. The van der Waals surface area contributed by atoms with Crippen molar-refractivity contribution in [1.29, 1.82) is 0 Å².